The lowest BCUT2D eigenvalue weighted by atomic mass is 10.2. The Morgan fingerprint density at radius 2 is 1.89 bits per heavy atom. The summed E-state index contributed by atoms with van der Waals surface area (Å²) < 4.78 is 11.1. The van der Waals surface area contributed by atoms with Crippen LogP contribution in [0.5, 0.6) is 0 Å². The van der Waals surface area contributed by atoms with Crippen molar-refractivity contribution in [1.82, 2.24) is 9.97 Å². The summed E-state index contributed by atoms with van der Waals surface area (Å²) in [7, 11) is 0. The molecule has 0 spiro atoms. The molecule has 4 rings (SSSR count). The maximum Gasteiger partial charge on any atom is 0.316 e. The maximum absolute atomic E-state index is 12.0. The lowest BCUT2D eigenvalue weighted by molar-refractivity contribution is -0.139. The summed E-state index contributed by atoms with van der Waals surface area (Å²) in [5, 5.41) is 1.57. The Kier molecular flexibility index (Phi) is 5.16. The topological polar surface area (TPSA) is 65.2 Å². The second-order valence-electron chi connectivity index (χ2n) is 5.74. The number of hydrogen-bond donors (Lipinski definition) is 0. The molecular formula is C21H16N2O3S. The van der Waals surface area contributed by atoms with Crippen molar-refractivity contribution in [1.29, 1.82) is 0 Å². The van der Waals surface area contributed by atoms with E-state index in [1.165, 1.54) is 18.1 Å². The van der Waals surface area contributed by atoms with E-state index in [9.17, 15) is 4.79 Å². The fraction of sp³-hybridized carbons (Fsp3) is 0.0952. The number of hydrogen-bond acceptors (Lipinski definition) is 6. The van der Waals surface area contributed by atoms with Crippen LogP contribution in [0.15, 0.2) is 76.4 Å². The first-order valence-electron chi connectivity index (χ1n) is 8.43. The standard InChI is InChI=1S/C21H16N2O3S/c24-18(25-12-6-9-15-7-2-1-3-8-15)13-27-21-20-19(22-14-23-21)16-10-4-5-11-17(16)26-20/h1-11,14H,12-13H2/b9-6+. The SMILES string of the molecule is O=C(CSc1ncnc2c1oc1ccccc12)OC/C=C/c1ccccc1. The molecule has 0 fully saturated rings. The van der Waals surface area contributed by atoms with Gasteiger partial charge in [-0.25, -0.2) is 9.97 Å². The highest BCUT2D eigenvalue weighted by molar-refractivity contribution is 8.00. The van der Waals surface area contributed by atoms with Gasteiger partial charge in [-0.2, -0.15) is 0 Å². The molecule has 0 N–H and O–H groups in total. The van der Waals surface area contributed by atoms with Gasteiger partial charge in [-0.3, -0.25) is 4.79 Å². The second kappa shape index (κ2) is 8.05. The van der Waals surface area contributed by atoms with Gasteiger partial charge in [-0.05, 0) is 23.8 Å². The Balaban J connectivity index is 1.37. The van der Waals surface area contributed by atoms with E-state index in [-0.39, 0.29) is 18.3 Å². The quantitative estimate of drug-likeness (QED) is 0.275. The Morgan fingerprint density at radius 1 is 1.07 bits per heavy atom. The van der Waals surface area contributed by atoms with Gasteiger partial charge in [0.05, 0.1) is 5.75 Å². The molecule has 134 valence electrons. The summed E-state index contributed by atoms with van der Waals surface area (Å²) in [6.45, 7) is 0.234. The molecule has 0 radical (unpaired) electrons. The van der Waals surface area contributed by atoms with Crippen LogP contribution in [0.2, 0.25) is 0 Å². The van der Waals surface area contributed by atoms with E-state index < -0.39 is 0 Å². The number of aromatic nitrogens is 2. The molecule has 27 heavy (non-hydrogen) atoms. The zero-order chi connectivity index (χ0) is 18.5. The Labute approximate surface area is 160 Å². The molecule has 2 aromatic carbocycles. The molecule has 0 unspecified atom stereocenters. The number of nitrogens with zero attached hydrogens (tertiary/aromatic N) is 2. The van der Waals surface area contributed by atoms with Gasteiger partial charge in [-0.15, -0.1) is 0 Å². The van der Waals surface area contributed by atoms with Gasteiger partial charge in [-0.1, -0.05) is 60.3 Å². The monoisotopic (exact) mass is 376 g/mol. The third-order valence-electron chi connectivity index (χ3n) is 3.90. The van der Waals surface area contributed by atoms with Crippen LogP contribution in [0.4, 0.5) is 0 Å². The second-order valence-corrected chi connectivity index (χ2v) is 6.70. The van der Waals surface area contributed by atoms with Crippen LogP contribution in [0.25, 0.3) is 28.1 Å². The van der Waals surface area contributed by atoms with E-state index in [2.05, 4.69) is 9.97 Å². The molecule has 0 saturated heterocycles. The number of thioether (sulfide) groups is 1. The van der Waals surface area contributed by atoms with E-state index in [0.717, 1.165) is 22.0 Å². The zero-order valence-corrected chi connectivity index (χ0v) is 15.2. The number of rotatable bonds is 6. The summed E-state index contributed by atoms with van der Waals surface area (Å²) in [4.78, 5) is 20.5. The van der Waals surface area contributed by atoms with Crippen molar-refractivity contribution in [3.63, 3.8) is 0 Å². The summed E-state index contributed by atoms with van der Waals surface area (Å²) in [5.41, 5.74) is 3.17. The molecule has 0 aliphatic heterocycles. The highest BCUT2D eigenvalue weighted by Gasteiger charge is 2.14. The largest absolute Gasteiger partial charge is 0.461 e. The van der Waals surface area contributed by atoms with Gasteiger partial charge >= 0.3 is 5.97 Å². The van der Waals surface area contributed by atoms with E-state index in [1.54, 1.807) is 0 Å². The van der Waals surface area contributed by atoms with E-state index in [4.69, 9.17) is 9.15 Å². The molecule has 0 aliphatic rings. The fourth-order valence-corrected chi connectivity index (χ4v) is 3.39. The van der Waals surface area contributed by atoms with E-state index in [0.29, 0.717) is 10.6 Å². The average Bonchev–Trinajstić information content (AvgIpc) is 3.10. The van der Waals surface area contributed by atoms with Crippen LogP contribution in [0.1, 0.15) is 5.56 Å². The van der Waals surface area contributed by atoms with Crippen LogP contribution < -0.4 is 0 Å². The number of fused-ring (bicyclic) bond motifs is 3. The van der Waals surface area contributed by atoms with Gasteiger partial charge in [0.25, 0.3) is 0 Å². The molecule has 0 aliphatic carbocycles. The Hall–Kier alpha value is -3.12. The minimum Gasteiger partial charge on any atom is -0.461 e. The Bertz CT molecular complexity index is 1110. The summed E-state index contributed by atoms with van der Waals surface area (Å²) in [5.74, 6) is -0.150. The fourth-order valence-electron chi connectivity index (χ4n) is 2.66. The predicted molar refractivity (Wildman–Crippen MR) is 106 cm³/mol. The van der Waals surface area contributed by atoms with Crippen LogP contribution in [0, 0.1) is 0 Å². The molecule has 4 aromatic rings. The van der Waals surface area contributed by atoms with Crippen molar-refractivity contribution >= 4 is 45.9 Å². The average molecular weight is 376 g/mol. The van der Waals surface area contributed by atoms with Gasteiger partial charge < -0.3 is 9.15 Å². The molecule has 5 nitrogen and oxygen atoms in total. The van der Waals surface area contributed by atoms with Crippen molar-refractivity contribution < 1.29 is 13.9 Å². The molecule has 6 heteroatoms. The van der Waals surface area contributed by atoms with Gasteiger partial charge in [0, 0.05) is 5.39 Å². The lowest BCUT2D eigenvalue weighted by Gasteiger charge is -2.02. The number of furan rings is 1. The molecular weight excluding hydrogens is 360 g/mol. The highest BCUT2D eigenvalue weighted by atomic mass is 32.2. The summed E-state index contributed by atoms with van der Waals surface area (Å²) in [6.07, 6.45) is 5.23. The molecule has 0 amide bonds. The van der Waals surface area contributed by atoms with Gasteiger partial charge in [0.2, 0.25) is 0 Å². The molecule has 0 atom stereocenters. The normalized spacial score (nSPS) is 11.4. The van der Waals surface area contributed by atoms with Crippen LogP contribution in [-0.2, 0) is 9.53 Å². The first-order valence-corrected chi connectivity index (χ1v) is 9.42. The van der Waals surface area contributed by atoms with Crippen LogP contribution in [0.3, 0.4) is 0 Å². The number of carbonyl (C=O) groups is 1. The van der Waals surface area contributed by atoms with E-state index >= 15 is 0 Å². The third kappa shape index (κ3) is 4.01. The van der Waals surface area contributed by atoms with Gasteiger partial charge in [0.1, 0.15) is 29.1 Å². The van der Waals surface area contributed by atoms with Crippen molar-refractivity contribution in [2.75, 3.05) is 12.4 Å². The van der Waals surface area contributed by atoms with Crippen molar-refractivity contribution in [2.45, 2.75) is 5.03 Å². The zero-order valence-electron chi connectivity index (χ0n) is 14.4. The highest BCUT2D eigenvalue weighted by Crippen LogP contribution is 2.32. The van der Waals surface area contributed by atoms with Crippen LogP contribution >= 0.6 is 11.8 Å². The van der Waals surface area contributed by atoms with Crippen LogP contribution in [-0.4, -0.2) is 28.3 Å². The number of para-hydroxylation sites is 1. The Morgan fingerprint density at radius 3 is 2.78 bits per heavy atom. The third-order valence-corrected chi connectivity index (χ3v) is 4.85. The minimum atomic E-state index is -0.305. The lowest BCUT2D eigenvalue weighted by Crippen LogP contribution is -2.07. The number of benzene rings is 2. The number of ether oxygens (including phenoxy) is 1. The van der Waals surface area contributed by atoms with E-state index in [1.807, 2.05) is 66.7 Å². The predicted octanol–water partition coefficient (Wildman–Crippen LogP) is 4.72. The smallest absolute Gasteiger partial charge is 0.316 e. The first-order chi connectivity index (χ1) is 13.3. The number of esters is 1. The van der Waals surface area contributed by atoms with Gasteiger partial charge in [0.15, 0.2) is 5.58 Å². The minimum absolute atomic E-state index is 0.155. The molecule has 2 aromatic heterocycles. The molecule has 0 saturated carbocycles. The van der Waals surface area contributed by atoms with Crippen molar-refractivity contribution in [3.8, 4) is 0 Å². The summed E-state index contributed by atoms with van der Waals surface area (Å²) >= 11 is 1.28. The summed E-state index contributed by atoms with van der Waals surface area (Å²) in [6, 6.07) is 17.5. The van der Waals surface area contributed by atoms with Crippen molar-refractivity contribution in [2.24, 2.45) is 0 Å². The maximum atomic E-state index is 12.0. The number of carbonyl (C=O) groups excluding carboxylic acids is 1. The molecule has 0 bridgehead atoms. The molecule has 2 heterocycles. The van der Waals surface area contributed by atoms with Crippen molar-refractivity contribution in [3.05, 3.63) is 72.6 Å². The first kappa shape index (κ1) is 17.3.